The Kier molecular flexibility index (Phi) is 6.17. The molecule has 17 heavy (non-hydrogen) atoms. The molecule has 1 aromatic rings. The van der Waals surface area contributed by atoms with Gasteiger partial charge in [-0.05, 0) is 24.6 Å². The van der Waals surface area contributed by atoms with Crippen molar-refractivity contribution < 1.29 is 9.00 Å². The predicted molar refractivity (Wildman–Crippen MR) is 73.6 cm³/mol. The number of halogens is 2. The van der Waals surface area contributed by atoms with Crippen molar-refractivity contribution in [2.45, 2.75) is 19.8 Å². The van der Waals surface area contributed by atoms with Crippen LogP contribution >= 0.6 is 23.2 Å². The quantitative estimate of drug-likeness (QED) is 0.749. The third-order valence-corrected chi connectivity index (χ3v) is 4.14. The molecule has 1 unspecified atom stereocenters. The fraction of sp³-hybridized carbons (Fsp3) is 0.417. The normalized spacial score (nSPS) is 12.4. The van der Waals surface area contributed by atoms with Crippen molar-refractivity contribution in [2.24, 2.45) is 0 Å². The second kappa shape index (κ2) is 7.14. The van der Waals surface area contributed by atoms with E-state index in [1.54, 1.807) is 12.1 Å². The Morgan fingerprint density at radius 2 is 2.06 bits per heavy atom. The molecule has 0 radical (unpaired) electrons. The van der Waals surface area contributed by atoms with Crippen LogP contribution in [-0.2, 0) is 10.8 Å². The van der Waals surface area contributed by atoms with Gasteiger partial charge in [0.05, 0.1) is 10.8 Å². The molecule has 0 N–H and O–H groups in total. The fourth-order valence-corrected chi connectivity index (χ4v) is 2.91. The van der Waals surface area contributed by atoms with Gasteiger partial charge in [-0.1, -0.05) is 36.5 Å². The largest absolute Gasteiger partial charge is 0.293 e. The van der Waals surface area contributed by atoms with Crippen molar-refractivity contribution >= 4 is 39.8 Å². The number of carbonyl (C=O) groups excluding carboxylic acids is 1. The summed E-state index contributed by atoms with van der Waals surface area (Å²) >= 11 is 11.7. The zero-order valence-electron chi connectivity index (χ0n) is 9.54. The summed E-state index contributed by atoms with van der Waals surface area (Å²) in [6.45, 7) is 2.02. The molecule has 0 spiro atoms. The minimum atomic E-state index is -1.12. The van der Waals surface area contributed by atoms with Crippen LogP contribution in [0.15, 0.2) is 18.2 Å². The van der Waals surface area contributed by atoms with E-state index in [1.165, 1.54) is 6.07 Å². The number of Topliss-reactive ketones (excluding diaryl/α,β-unsaturated/α-hetero) is 1. The number of hydrogen-bond acceptors (Lipinski definition) is 2. The summed E-state index contributed by atoms with van der Waals surface area (Å²) < 4.78 is 11.6. The Morgan fingerprint density at radius 3 is 2.71 bits per heavy atom. The molecular weight excluding hydrogens is 279 g/mol. The number of unbranched alkanes of at least 4 members (excludes halogenated alkanes) is 1. The van der Waals surface area contributed by atoms with E-state index in [9.17, 15) is 9.00 Å². The minimum Gasteiger partial charge on any atom is -0.293 e. The van der Waals surface area contributed by atoms with Crippen LogP contribution in [0.3, 0.4) is 0 Å². The van der Waals surface area contributed by atoms with Gasteiger partial charge in [-0.3, -0.25) is 9.00 Å². The molecule has 0 fully saturated rings. The molecule has 2 nitrogen and oxygen atoms in total. The fourth-order valence-electron chi connectivity index (χ4n) is 1.31. The molecule has 0 saturated heterocycles. The van der Waals surface area contributed by atoms with Gasteiger partial charge in [0.2, 0.25) is 0 Å². The number of ketones is 1. The van der Waals surface area contributed by atoms with Crippen LogP contribution in [0.2, 0.25) is 10.0 Å². The molecule has 0 aliphatic carbocycles. The Morgan fingerprint density at radius 1 is 1.35 bits per heavy atom. The van der Waals surface area contributed by atoms with E-state index in [0.29, 0.717) is 21.4 Å². The van der Waals surface area contributed by atoms with Crippen LogP contribution in [0.1, 0.15) is 30.1 Å². The average molecular weight is 293 g/mol. The second-order valence-electron chi connectivity index (χ2n) is 3.69. The lowest BCUT2D eigenvalue weighted by atomic mass is 10.1. The van der Waals surface area contributed by atoms with E-state index < -0.39 is 10.8 Å². The number of carbonyl (C=O) groups is 1. The van der Waals surface area contributed by atoms with Crippen molar-refractivity contribution in [1.29, 1.82) is 0 Å². The van der Waals surface area contributed by atoms with Gasteiger partial charge >= 0.3 is 0 Å². The third kappa shape index (κ3) is 4.78. The smallest absolute Gasteiger partial charge is 0.176 e. The first-order valence-corrected chi connectivity index (χ1v) is 7.62. The monoisotopic (exact) mass is 292 g/mol. The van der Waals surface area contributed by atoms with Crippen LogP contribution in [0.4, 0.5) is 0 Å². The molecule has 5 heteroatoms. The highest BCUT2D eigenvalue weighted by Crippen LogP contribution is 2.21. The van der Waals surface area contributed by atoms with Crippen molar-refractivity contribution in [3.05, 3.63) is 33.8 Å². The van der Waals surface area contributed by atoms with Gasteiger partial charge in [0.15, 0.2) is 5.78 Å². The predicted octanol–water partition coefficient (Wildman–Crippen LogP) is 3.72. The van der Waals surface area contributed by atoms with Crippen molar-refractivity contribution in [2.75, 3.05) is 11.5 Å². The Labute approximate surface area is 114 Å². The first-order valence-electron chi connectivity index (χ1n) is 5.37. The number of rotatable bonds is 6. The summed E-state index contributed by atoms with van der Waals surface area (Å²) in [4.78, 5) is 11.9. The summed E-state index contributed by atoms with van der Waals surface area (Å²) in [7, 11) is -1.12. The van der Waals surface area contributed by atoms with Gasteiger partial charge < -0.3 is 0 Å². The summed E-state index contributed by atoms with van der Waals surface area (Å²) in [6, 6.07) is 4.71. The van der Waals surface area contributed by atoms with Crippen molar-refractivity contribution in [3.8, 4) is 0 Å². The molecule has 0 heterocycles. The van der Waals surface area contributed by atoms with Gasteiger partial charge in [0, 0.05) is 27.1 Å². The molecule has 0 aliphatic rings. The molecule has 0 amide bonds. The molecule has 1 atom stereocenters. The maximum atomic E-state index is 11.9. The second-order valence-corrected chi connectivity index (χ2v) is 6.11. The first-order chi connectivity index (χ1) is 8.04. The molecule has 0 bridgehead atoms. The molecule has 1 rings (SSSR count). The Hall–Kier alpha value is -0.380. The Balaban J connectivity index is 2.69. The van der Waals surface area contributed by atoms with Crippen molar-refractivity contribution in [1.82, 2.24) is 0 Å². The molecule has 0 aromatic heterocycles. The maximum absolute atomic E-state index is 11.9. The number of benzene rings is 1. The van der Waals surface area contributed by atoms with Gasteiger partial charge in [0.1, 0.15) is 0 Å². The third-order valence-electron chi connectivity index (χ3n) is 2.25. The maximum Gasteiger partial charge on any atom is 0.176 e. The topological polar surface area (TPSA) is 34.1 Å². The number of hydrogen-bond donors (Lipinski definition) is 0. The van der Waals surface area contributed by atoms with Crippen LogP contribution in [0.5, 0.6) is 0 Å². The van der Waals surface area contributed by atoms with Gasteiger partial charge in [-0.15, -0.1) is 0 Å². The summed E-state index contributed by atoms with van der Waals surface area (Å²) in [5.74, 6) is 0.354. The van der Waals surface area contributed by atoms with Crippen molar-refractivity contribution in [3.63, 3.8) is 0 Å². The van der Waals surface area contributed by atoms with E-state index in [0.717, 1.165) is 12.8 Å². The SMILES string of the molecule is CCCCS(=O)CC(=O)c1cc(Cl)ccc1Cl. The standard InChI is InChI=1S/C12H14Cl2O2S/c1-2-3-6-17(16)8-12(15)10-7-9(13)4-5-11(10)14/h4-5,7H,2-3,6,8H2,1H3. The van der Waals surface area contributed by atoms with Crippen LogP contribution < -0.4 is 0 Å². The van der Waals surface area contributed by atoms with E-state index in [4.69, 9.17) is 23.2 Å². The lowest BCUT2D eigenvalue weighted by Crippen LogP contribution is -2.13. The summed E-state index contributed by atoms with van der Waals surface area (Å²) in [5, 5.41) is 0.809. The Bertz CT molecular complexity index is 433. The molecule has 0 aliphatic heterocycles. The molecule has 0 saturated carbocycles. The molecule has 1 aromatic carbocycles. The lowest BCUT2D eigenvalue weighted by molar-refractivity contribution is 0.102. The van der Waals surface area contributed by atoms with Gasteiger partial charge in [-0.25, -0.2) is 0 Å². The average Bonchev–Trinajstić information content (AvgIpc) is 2.29. The van der Waals surface area contributed by atoms with Gasteiger partial charge in [-0.2, -0.15) is 0 Å². The highest BCUT2D eigenvalue weighted by Gasteiger charge is 2.14. The first kappa shape index (κ1) is 14.7. The van der Waals surface area contributed by atoms with Crippen LogP contribution in [0.25, 0.3) is 0 Å². The molecule has 94 valence electrons. The van der Waals surface area contributed by atoms with Gasteiger partial charge in [0.25, 0.3) is 0 Å². The van der Waals surface area contributed by atoms with E-state index in [-0.39, 0.29) is 11.5 Å². The zero-order chi connectivity index (χ0) is 12.8. The minimum absolute atomic E-state index is 0.0140. The summed E-state index contributed by atoms with van der Waals surface area (Å²) in [6.07, 6.45) is 1.83. The van der Waals surface area contributed by atoms with E-state index >= 15 is 0 Å². The molecular formula is C12H14Cl2O2S. The van der Waals surface area contributed by atoms with E-state index in [2.05, 4.69) is 0 Å². The van der Waals surface area contributed by atoms with Crippen LogP contribution in [-0.4, -0.2) is 21.5 Å². The van der Waals surface area contributed by atoms with Crippen LogP contribution in [0, 0.1) is 0 Å². The highest BCUT2D eigenvalue weighted by atomic mass is 35.5. The highest BCUT2D eigenvalue weighted by molar-refractivity contribution is 7.85. The lowest BCUT2D eigenvalue weighted by Gasteiger charge is -2.04. The zero-order valence-corrected chi connectivity index (χ0v) is 11.9. The summed E-state index contributed by atoms with van der Waals surface area (Å²) in [5.41, 5.74) is 0.351. The van der Waals surface area contributed by atoms with E-state index in [1.807, 2.05) is 6.92 Å².